The van der Waals surface area contributed by atoms with Crippen LogP contribution in [0.5, 0.6) is 5.75 Å². The maximum absolute atomic E-state index is 5.97. The number of hydrogen-bond acceptors (Lipinski definition) is 7. The third-order valence-electron chi connectivity index (χ3n) is 6.19. The molecule has 34 heavy (non-hydrogen) atoms. The molecule has 0 bridgehead atoms. The van der Waals surface area contributed by atoms with Crippen molar-refractivity contribution in [2.24, 2.45) is 0 Å². The number of tetrazole rings is 1. The molecule has 0 amide bonds. The molecule has 1 N–H and O–H groups in total. The Morgan fingerprint density at radius 1 is 0.971 bits per heavy atom. The van der Waals surface area contributed by atoms with Gasteiger partial charge in [0.15, 0.2) is 11.5 Å². The van der Waals surface area contributed by atoms with E-state index in [4.69, 9.17) is 14.5 Å². The number of H-pyrrole nitrogens is 1. The van der Waals surface area contributed by atoms with Gasteiger partial charge >= 0.3 is 0 Å². The summed E-state index contributed by atoms with van der Waals surface area (Å²) in [6.45, 7) is 2.01. The zero-order chi connectivity index (χ0) is 22.7. The van der Waals surface area contributed by atoms with E-state index in [1.807, 2.05) is 41.0 Å². The van der Waals surface area contributed by atoms with Crippen LogP contribution in [0, 0.1) is 0 Å². The SMILES string of the molecule is c1ccc(COc2ccc(-c3cnc4c(-c5nnn[nH]5)cnn4c3C3CCOCC3)cc2)cc1. The predicted molar refractivity (Wildman–Crippen MR) is 125 cm³/mol. The van der Waals surface area contributed by atoms with Crippen molar-refractivity contribution in [2.75, 3.05) is 13.2 Å². The summed E-state index contributed by atoms with van der Waals surface area (Å²) in [5, 5.41) is 18.9. The molecule has 2 aromatic carbocycles. The second-order valence-electron chi connectivity index (χ2n) is 8.29. The number of hydrogen-bond donors (Lipinski definition) is 1. The summed E-state index contributed by atoms with van der Waals surface area (Å²) in [6, 6.07) is 18.3. The first kappa shape index (κ1) is 20.5. The van der Waals surface area contributed by atoms with Crippen LogP contribution in [0.15, 0.2) is 67.0 Å². The summed E-state index contributed by atoms with van der Waals surface area (Å²) in [5.41, 5.74) is 5.89. The zero-order valence-electron chi connectivity index (χ0n) is 18.5. The first-order valence-electron chi connectivity index (χ1n) is 11.3. The Bertz CT molecular complexity index is 1380. The van der Waals surface area contributed by atoms with Crippen LogP contribution >= 0.6 is 0 Å². The van der Waals surface area contributed by atoms with E-state index in [0.717, 1.165) is 65.4 Å². The molecule has 0 spiro atoms. The van der Waals surface area contributed by atoms with Gasteiger partial charge in [0.2, 0.25) is 0 Å². The number of aromatic amines is 1. The average Bonchev–Trinajstić information content (AvgIpc) is 3.58. The summed E-state index contributed by atoms with van der Waals surface area (Å²) >= 11 is 0. The summed E-state index contributed by atoms with van der Waals surface area (Å²) < 4.78 is 13.5. The third-order valence-corrected chi connectivity index (χ3v) is 6.19. The summed E-state index contributed by atoms with van der Waals surface area (Å²) in [7, 11) is 0. The Balaban J connectivity index is 1.36. The van der Waals surface area contributed by atoms with Gasteiger partial charge in [0, 0.05) is 30.9 Å². The van der Waals surface area contributed by atoms with Crippen LogP contribution in [0.1, 0.15) is 30.0 Å². The van der Waals surface area contributed by atoms with E-state index in [1.165, 1.54) is 0 Å². The van der Waals surface area contributed by atoms with Gasteiger partial charge in [0.1, 0.15) is 12.4 Å². The normalized spacial score (nSPS) is 14.5. The Labute approximate surface area is 195 Å². The highest BCUT2D eigenvalue weighted by Crippen LogP contribution is 2.36. The number of nitrogens with one attached hydrogen (secondary N) is 1. The van der Waals surface area contributed by atoms with Crippen molar-refractivity contribution < 1.29 is 9.47 Å². The molecule has 4 heterocycles. The van der Waals surface area contributed by atoms with E-state index in [9.17, 15) is 0 Å². The quantitative estimate of drug-likeness (QED) is 0.414. The summed E-state index contributed by atoms with van der Waals surface area (Å²) in [5.74, 6) is 1.69. The number of fused-ring (bicyclic) bond motifs is 1. The van der Waals surface area contributed by atoms with Crippen LogP contribution in [0.3, 0.4) is 0 Å². The number of benzene rings is 2. The highest BCUT2D eigenvalue weighted by Gasteiger charge is 2.25. The molecule has 1 fully saturated rings. The van der Waals surface area contributed by atoms with E-state index in [0.29, 0.717) is 18.3 Å². The van der Waals surface area contributed by atoms with Crippen molar-refractivity contribution in [1.29, 1.82) is 0 Å². The van der Waals surface area contributed by atoms with Crippen LogP contribution in [-0.2, 0) is 11.3 Å². The van der Waals surface area contributed by atoms with Gasteiger partial charge < -0.3 is 9.47 Å². The van der Waals surface area contributed by atoms with Gasteiger partial charge in [-0.3, -0.25) is 0 Å². The largest absolute Gasteiger partial charge is 0.489 e. The molecule has 0 saturated carbocycles. The fraction of sp³-hybridized carbons (Fsp3) is 0.240. The third kappa shape index (κ3) is 3.90. The molecule has 1 saturated heterocycles. The van der Waals surface area contributed by atoms with Crippen molar-refractivity contribution in [3.63, 3.8) is 0 Å². The van der Waals surface area contributed by atoms with Gasteiger partial charge in [0.25, 0.3) is 0 Å². The van der Waals surface area contributed by atoms with E-state index in [2.05, 4.69) is 50.0 Å². The Kier molecular flexibility index (Phi) is 5.44. The minimum atomic E-state index is 0.309. The van der Waals surface area contributed by atoms with Gasteiger partial charge in [-0.25, -0.2) is 14.6 Å². The Hall–Kier alpha value is -4.11. The molecule has 0 unspecified atom stereocenters. The van der Waals surface area contributed by atoms with Crippen molar-refractivity contribution >= 4 is 5.65 Å². The topological polar surface area (TPSA) is 103 Å². The molecular formula is C25H23N7O2. The van der Waals surface area contributed by atoms with Crippen molar-refractivity contribution in [3.05, 3.63) is 78.2 Å². The van der Waals surface area contributed by atoms with Crippen molar-refractivity contribution in [3.8, 4) is 28.3 Å². The fourth-order valence-corrected chi connectivity index (χ4v) is 4.45. The van der Waals surface area contributed by atoms with Gasteiger partial charge in [0.05, 0.1) is 17.5 Å². The maximum Gasteiger partial charge on any atom is 0.184 e. The average molecular weight is 454 g/mol. The first-order valence-corrected chi connectivity index (χ1v) is 11.3. The lowest BCUT2D eigenvalue weighted by molar-refractivity contribution is 0.0842. The van der Waals surface area contributed by atoms with E-state index >= 15 is 0 Å². The molecule has 5 aromatic rings. The summed E-state index contributed by atoms with van der Waals surface area (Å²) in [4.78, 5) is 4.75. The second kappa shape index (κ2) is 9.03. The maximum atomic E-state index is 5.97. The molecular weight excluding hydrogens is 430 g/mol. The van der Waals surface area contributed by atoms with Crippen LogP contribution in [0.4, 0.5) is 0 Å². The van der Waals surface area contributed by atoms with Crippen LogP contribution in [0.2, 0.25) is 0 Å². The fourth-order valence-electron chi connectivity index (χ4n) is 4.45. The van der Waals surface area contributed by atoms with Gasteiger partial charge in [-0.05, 0) is 46.5 Å². The van der Waals surface area contributed by atoms with Gasteiger partial charge in [-0.1, -0.05) is 42.5 Å². The molecule has 9 heteroatoms. The second-order valence-corrected chi connectivity index (χ2v) is 8.29. The molecule has 6 rings (SSSR count). The predicted octanol–water partition coefficient (Wildman–Crippen LogP) is 4.05. The Morgan fingerprint density at radius 3 is 2.56 bits per heavy atom. The Morgan fingerprint density at radius 2 is 1.79 bits per heavy atom. The highest BCUT2D eigenvalue weighted by molar-refractivity contribution is 5.75. The van der Waals surface area contributed by atoms with Gasteiger partial charge in [-0.2, -0.15) is 5.10 Å². The highest BCUT2D eigenvalue weighted by atomic mass is 16.5. The monoisotopic (exact) mass is 453 g/mol. The smallest absolute Gasteiger partial charge is 0.184 e. The lowest BCUT2D eigenvalue weighted by Gasteiger charge is -2.25. The van der Waals surface area contributed by atoms with Crippen LogP contribution in [0.25, 0.3) is 28.2 Å². The molecule has 170 valence electrons. The molecule has 9 nitrogen and oxygen atoms in total. The van der Waals surface area contributed by atoms with Crippen molar-refractivity contribution in [2.45, 2.75) is 25.4 Å². The van der Waals surface area contributed by atoms with E-state index < -0.39 is 0 Å². The summed E-state index contributed by atoms with van der Waals surface area (Å²) in [6.07, 6.45) is 5.56. The molecule has 0 atom stereocenters. The minimum Gasteiger partial charge on any atom is -0.489 e. The zero-order valence-corrected chi connectivity index (χ0v) is 18.5. The number of nitrogens with zero attached hydrogens (tertiary/aromatic N) is 6. The molecule has 1 aliphatic heterocycles. The van der Waals surface area contributed by atoms with E-state index in [1.54, 1.807) is 6.20 Å². The van der Waals surface area contributed by atoms with E-state index in [-0.39, 0.29) is 0 Å². The minimum absolute atomic E-state index is 0.309. The molecule has 0 aliphatic carbocycles. The number of aromatic nitrogens is 7. The van der Waals surface area contributed by atoms with Crippen LogP contribution < -0.4 is 4.74 Å². The first-order chi connectivity index (χ1) is 16.9. The number of rotatable bonds is 6. The van der Waals surface area contributed by atoms with Crippen molar-refractivity contribution in [1.82, 2.24) is 35.2 Å². The standard InChI is InChI=1S/C25H23N7O2/c1-2-4-17(5-3-1)16-34-20-8-6-18(7-9-20)21-14-26-25-22(24-28-30-31-29-24)15-27-32(25)23(21)19-10-12-33-13-11-19/h1-9,14-15,19H,10-13,16H2,(H,28,29,30,31). The lowest BCUT2D eigenvalue weighted by atomic mass is 9.90. The van der Waals surface area contributed by atoms with Crippen LogP contribution in [-0.4, -0.2) is 48.4 Å². The lowest BCUT2D eigenvalue weighted by Crippen LogP contribution is -2.18. The molecule has 3 aromatic heterocycles. The number of ether oxygens (including phenoxy) is 2. The molecule has 1 aliphatic rings. The van der Waals surface area contributed by atoms with Gasteiger partial charge in [-0.15, -0.1) is 5.10 Å². The molecule has 0 radical (unpaired) electrons.